The molecule has 1 aromatic rings. The van der Waals surface area contributed by atoms with E-state index in [0.717, 1.165) is 5.69 Å². The van der Waals surface area contributed by atoms with Gasteiger partial charge in [0.25, 0.3) is 0 Å². The van der Waals surface area contributed by atoms with Gasteiger partial charge in [-0.15, -0.1) is 0 Å². The lowest BCUT2D eigenvalue weighted by Gasteiger charge is -2.16. The van der Waals surface area contributed by atoms with Crippen LogP contribution in [-0.2, 0) is 14.6 Å². The van der Waals surface area contributed by atoms with Crippen molar-refractivity contribution >= 4 is 27.1 Å². The highest BCUT2D eigenvalue weighted by molar-refractivity contribution is 7.90. The highest BCUT2D eigenvalue weighted by Crippen LogP contribution is 2.28. The molecular weight excluding hydrogens is 280 g/mol. The number of anilines is 2. The van der Waals surface area contributed by atoms with E-state index in [2.05, 4.69) is 10.6 Å². The van der Waals surface area contributed by atoms with E-state index >= 15 is 0 Å². The molecule has 0 aliphatic heterocycles. The molecule has 0 bridgehead atoms. The summed E-state index contributed by atoms with van der Waals surface area (Å²) >= 11 is 0. The van der Waals surface area contributed by atoms with Crippen molar-refractivity contribution in [1.82, 2.24) is 0 Å². The number of carbonyl (C=O) groups excluding carboxylic acids is 1. The van der Waals surface area contributed by atoms with Gasteiger partial charge in [0.2, 0.25) is 5.91 Å². The van der Waals surface area contributed by atoms with Crippen LogP contribution >= 0.6 is 0 Å². The SMILES string of the molecule is COc1cc(NC(C)CS(C)(=O)=O)ccc1NC(C)=O. The molecule has 0 saturated carbocycles. The van der Waals surface area contributed by atoms with Gasteiger partial charge in [0.05, 0.1) is 18.6 Å². The normalized spacial score (nSPS) is 12.6. The summed E-state index contributed by atoms with van der Waals surface area (Å²) in [5.41, 5.74) is 1.30. The van der Waals surface area contributed by atoms with Gasteiger partial charge in [-0.25, -0.2) is 8.42 Å². The Morgan fingerprint density at radius 3 is 2.55 bits per heavy atom. The van der Waals surface area contributed by atoms with E-state index in [1.54, 1.807) is 25.1 Å². The maximum absolute atomic E-state index is 11.2. The zero-order valence-electron chi connectivity index (χ0n) is 12.1. The molecule has 0 spiro atoms. The largest absolute Gasteiger partial charge is 0.494 e. The number of methoxy groups -OCH3 is 1. The Bertz CT molecular complexity index is 584. The average molecular weight is 300 g/mol. The van der Waals surface area contributed by atoms with Crippen molar-refractivity contribution in [1.29, 1.82) is 0 Å². The smallest absolute Gasteiger partial charge is 0.221 e. The third-order valence-electron chi connectivity index (χ3n) is 2.48. The van der Waals surface area contributed by atoms with Crippen LogP contribution in [0.25, 0.3) is 0 Å². The second kappa shape index (κ2) is 6.60. The molecule has 1 amide bonds. The van der Waals surface area contributed by atoms with E-state index in [1.165, 1.54) is 20.3 Å². The minimum absolute atomic E-state index is 0.0444. The fraction of sp³-hybridized carbons (Fsp3) is 0.462. The Balaban J connectivity index is 2.85. The van der Waals surface area contributed by atoms with E-state index in [1.807, 2.05) is 0 Å². The van der Waals surface area contributed by atoms with Gasteiger partial charge in [-0.1, -0.05) is 0 Å². The van der Waals surface area contributed by atoms with Crippen LogP contribution in [0.1, 0.15) is 13.8 Å². The lowest BCUT2D eigenvalue weighted by atomic mass is 10.2. The monoisotopic (exact) mass is 300 g/mol. The standard InChI is InChI=1S/C13H20N2O4S/c1-9(8-20(4,17)18)14-11-5-6-12(15-10(2)16)13(7-11)19-3/h5-7,9,14H,8H2,1-4H3,(H,15,16). The number of nitrogens with one attached hydrogen (secondary N) is 2. The van der Waals surface area contributed by atoms with Gasteiger partial charge < -0.3 is 15.4 Å². The quantitative estimate of drug-likeness (QED) is 0.831. The second-order valence-electron chi connectivity index (χ2n) is 4.73. The number of rotatable bonds is 6. The Kier molecular flexibility index (Phi) is 5.38. The summed E-state index contributed by atoms with van der Waals surface area (Å²) in [6.45, 7) is 3.20. The minimum atomic E-state index is -3.03. The van der Waals surface area contributed by atoms with Crippen LogP contribution in [0.2, 0.25) is 0 Å². The lowest BCUT2D eigenvalue weighted by Crippen LogP contribution is -2.25. The van der Waals surface area contributed by atoms with E-state index in [-0.39, 0.29) is 17.7 Å². The molecule has 7 heteroatoms. The highest BCUT2D eigenvalue weighted by Gasteiger charge is 2.12. The zero-order chi connectivity index (χ0) is 15.3. The van der Waals surface area contributed by atoms with Crippen molar-refractivity contribution in [2.24, 2.45) is 0 Å². The first-order chi connectivity index (χ1) is 9.21. The number of carbonyl (C=O) groups is 1. The third kappa shape index (κ3) is 5.48. The summed E-state index contributed by atoms with van der Waals surface area (Å²) in [7, 11) is -1.53. The molecule has 1 unspecified atom stereocenters. The fourth-order valence-corrected chi connectivity index (χ4v) is 2.85. The molecule has 0 aliphatic carbocycles. The predicted octanol–water partition coefficient (Wildman–Crippen LogP) is 1.50. The number of hydrogen-bond acceptors (Lipinski definition) is 5. The van der Waals surface area contributed by atoms with Crippen LogP contribution in [0.4, 0.5) is 11.4 Å². The summed E-state index contributed by atoms with van der Waals surface area (Å²) in [6, 6.07) is 4.95. The molecule has 0 saturated heterocycles. The third-order valence-corrected chi connectivity index (χ3v) is 3.58. The van der Waals surface area contributed by atoms with Crippen molar-refractivity contribution in [3.63, 3.8) is 0 Å². The number of benzene rings is 1. The van der Waals surface area contributed by atoms with Gasteiger partial charge in [0.1, 0.15) is 15.6 Å². The molecule has 6 nitrogen and oxygen atoms in total. The Morgan fingerprint density at radius 2 is 2.05 bits per heavy atom. The molecule has 0 heterocycles. The van der Waals surface area contributed by atoms with Crippen molar-refractivity contribution in [3.8, 4) is 5.75 Å². The average Bonchev–Trinajstić information content (AvgIpc) is 2.27. The van der Waals surface area contributed by atoms with Crippen LogP contribution < -0.4 is 15.4 Å². The Labute approximate surface area is 119 Å². The topological polar surface area (TPSA) is 84.5 Å². The van der Waals surface area contributed by atoms with Crippen LogP contribution in [0.5, 0.6) is 5.75 Å². The van der Waals surface area contributed by atoms with E-state index in [4.69, 9.17) is 4.74 Å². The molecule has 112 valence electrons. The Hall–Kier alpha value is -1.76. The highest BCUT2D eigenvalue weighted by atomic mass is 32.2. The first kappa shape index (κ1) is 16.3. The number of ether oxygens (including phenoxy) is 1. The van der Waals surface area contributed by atoms with Gasteiger partial charge in [0.15, 0.2) is 0 Å². The number of sulfone groups is 1. The maximum atomic E-state index is 11.2. The molecule has 0 fully saturated rings. The molecule has 0 radical (unpaired) electrons. The summed E-state index contributed by atoms with van der Waals surface area (Å²) in [4.78, 5) is 11.1. The minimum Gasteiger partial charge on any atom is -0.494 e. The van der Waals surface area contributed by atoms with Gasteiger partial charge in [-0.05, 0) is 19.1 Å². The van der Waals surface area contributed by atoms with Crippen LogP contribution in [0, 0.1) is 0 Å². The second-order valence-corrected chi connectivity index (χ2v) is 6.92. The molecule has 0 aliphatic rings. The summed E-state index contributed by atoms with van der Waals surface area (Å²) in [5.74, 6) is 0.370. The number of hydrogen-bond donors (Lipinski definition) is 2. The summed E-state index contributed by atoms with van der Waals surface area (Å²) < 4.78 is 27.6. The fourth-order valence-electron chi connectivity index (χ4n) is 1.85. The summed E-state index contributed by atoms with van der Waals surface area (Å²) in [5, 5.41) is 5.74. The van der Waals surface area contributed by atoms with Crippen molar-refractivity contribution < 1.29 is 17.9 Å². The van der Waals surface area contributed by atoms with Crippen LogP contribution in [0.15, 0.2) is 18.2 Å². The Morgan fingerprint density at radius 1 is 1.40 bits per heavy atom. The van der Waals surface area contributed by atoms with Crippen LogP contribution in [-0.4, -0.2) is 39.5 Å². The maximum Gasteiger partial charge on any atom is 0.221 e. The molecule has 0 aromatic heterocycles. The number of amides is 1. The first-order valence-corrected chi connectivity index (χ1v) is 8.17. The first-order valence-electron chi connectivity index (χ1n) is 6.11. The van der Waals surface area contributed by atoms with Gasteiger partial charge in [-0.3, -0.25) is 4.79 Å². The van der Waals surface area contributed by atoms with Crippen molar-refractivity contribution in [2.45, 2.75) is 19.9 Å². The molecule has 1 rings (SSSR count). The zero-order valence-corrected chi connectivity index (χ0v) is 12.9. The van der Waals surface area contributed by atoms with E-state index < -0.39 is 9.84 Å². The van der Waals surface area contributed by atoms with E-state index in [0.29, 0.717) is 11.4 Å². The molecular formula is C13H20N2O4S. The van der Waals surface area contributed by atoms with E-state index in [9.17, 15) is 13.2 Å². The van der Waals surface area contributed by atoms with Crippen molar-refractivity contribution in [3.05, 3.63) is 18.2 Å². The van der Waals surface area contributed by atoms with Gasteiger partial charge in [0, 0.05) is 31.0 Å². The molecule has 1 atom stereocenters. The summed E-state index contributed by atoms with van der Waals surface area (Å²) in [6.07, 6.45) is 1.20. The van der Waals surface area contributed by atoms with Gasteiger partial charge >= 0.3 is 0 Å². The van der Waals surface area contributed by atoms with Crippen molar-refractivity contribution in [2.75, 3.05) is 29.8 Å². The lowest BCUT2D eigenvalue weighted by molar-refractivity contribution is -0.114. The van der Waals surface area contributed by atoms with Gasteiger partial charge in [-0.2, -0.15) is 0 Å². The predicted molar refractivity (Wildman–Crippen MR) is 80.1 cm³/mol. The molecule has 1 aromatic carbocycles. The van der Waals surface area contributed by atoms with Crippen LogP contribution in [0.3, 0.4) is 0 Å². The molecule has 20 heavy (non-hydrogen) atoms. The molecule has 2 N–H and O–H groups in total.